The third kappa shape index (κ3) is 6.67. The second-order valence-electron chi connectivity index (χ2n) is 11.1. The van der Waals surface area contributed by atoms with Crippen LogP contribution in [0, 0.1) is 0 Å². The molecule has 0 saturated carbocycles. The van der Waals surface area contributed by atoms with Crippen LogP contribution in [-0.2, 0) is 11.2 Å². The topological polar surface area (TPSA) is 65.0 Å². The molecule has 1 fully saturated rings. The highest BCUT2D eigenvalue weighted by Crippen LogP contribution is 2.31. The molecule has 0 aliphatic carbocycles. The number of rotatable bonds is 9. The van der Waals surface area contributed by atoms with Gasteiger partial charge in [-0.25, -0.2) is 0 Å². The van der Waals surface area contributed by atoms with Crippen molar-refractivity contribution < 1.29 is 14.6 Å². The van der Waals surface area contributed by atoms with Gasteiger partial charge in [-0.3, -0.25) is 4.79 Å². The number of fused-ring (bicyclic) bond motifs is 1. The second kappa shape index (κ2) is 13.0. The molecule has 214 valence electrons. The lowest BCUT2D eigenvalue weighted by atomic mass is 9.86. The van der Waals surface area contributed by atoms with Gasteiger partial charge >= 0.3 is 0 Å². The van der Waals surface area contributed by atoms with Gasteiger partial charge in [0.1, 0.15) is 17.8 Å². The number of piperidine rings is 1. The van der Waals surface area contributed by atoms with Gasteiger partial charge in [-0.15, -0.1) is 0 Å². The van der Waals surface area contributed by atoms with E-state index < -0.39 is 0 Å². The van der Waals surface area contributed by atoms with Gasteiger partial charge in [-0.05, 0) is 78.4 Å². The number of ether oxygens (including phenoxy) is 1. The van der Waals surface area contributed by atoms with Gasteiger partial charge in [-0.1, -0.05) is 72.8 Å². The maximum absolute atomic E-state index is 13.2. The van der Waals surface area contributed by atoms with Crippen molar-refractivity contribution in [2.24, 2.45) is 0 Å². The van der Waals surface area contributed by atoms with Crippen molar-refractivity contribution in [2.75, 3.05) is 32.7 Å². The van der Waals surface area contributed by atoms with Gasteiger partial charge < -0.3 is 25.0 Å². The minimum Gasteiger partial charge on any atom is -0.508 e. The first-order valence-electron chi connectivity index (χ1n) is 14.8. The zero-order valence-electron chi connectivity index (χ0n) is 23.8. The largest absolute Gasteiger partial charge is 0.508 e. The number of amides is 1. The van der Waals surface area contributed by atoms with Crippen LogP contribution in [-0.4, -0.2) is 53.5 Å². The van der Waals surface area contributed by atoms with Crippen LogP contribution in [0.5, 0.6) is 5.75 Å². The number of nitrogens with one attached hydrogen (secondary N) is 1. The predicted molar refractivity (Wildman–Crippen MR) is 168 cm³/mol. The molecule has 2 aliphatic rings. The fraction of sp³-hybridized carbons (Fsp3) is 0.250. The molecule has 4 aromatic rings. The predicted octanol–water partition coefficient (Wildman–Crippen LogP) is 6.50. The molecule has 1 amide bonds. The average molecular weight is 560 g/mol. The standard InChI is InChI=1S/C36H37N3O3/c40-32-9-5-8-31(25-32)35-26-39(22-23-42-35)21-20-38-18-15-29(16-19-38)33-10-3-4-11-34(33)36(41)37-17-14-27-12-13-28-6-1-2-7-30(28)24-27/h1-13,22-26,29,40H,14-21H2,(H,37,41). The molecule has 0 spiro atoms. The maximum Gasteiger partial charge on any atom is 0.251 e. The number of carbonyl (C=O) groups is 1. The summed E-state index contributed by atoms with van der Waals surface area (Å²) in [6, 6.07) is 30.1. The molecule has 0 atom stereocenters. The van der Waals surface area contributed by atoms with Crippen molar-refractivity contribution in [1.82, 2.24) is 15.1 Å². The van der Waals surface area contributed by atoms with Gasteiger partial charge in [0.25, 0.3) is 5.91 Å². The van der Waals surface area contributed by atoms with Crippen molar-refractivity contribution in [3.05, 3.63) is 132 Å². The molecule has 2 N–H and O–H groups in total. The summed E-state index contributed by atoms with van der Waals surface area (Å²) < 4.78 is 5.68. The Kier molecular flexibility index (Phi) is 8.52. The Morgan fingerprint density at radius 1 is 0.881 bits per heavy atom. The van der Waals surface area contributed by atoms with Gasteiger partial charge in [0, 0.05) is 43.2 Å². The normalized spacial score (nSPS) is 15.8. The zero-order chi connectivity index (χ0) is 28.7. The SMILES string of the molecule is O=C(NCCc1ccc2ccccc2c1)c1ccccc1C1CCN(CCN2C=COC(c3cccc(O)c3)=C2)CC1. The first-order valence-corrected chi connectivity index (χ1v) is 14.8. The van der Waals surface area contributed by atoms with Gasteiger partial charge in [0.2, 0.25) is 0 Å². The monoisotopic (exact) mass is 559 g/mol. The summed E-state index contributed by atoms with van der Waals surface area (Å²) in [5, 5.41) is 15.4. The quantitative estimate of drug-likeness (QED) is 0.245. The average Bonchev–Trinajstić information content (AvgIpc) is 3.04. The smallest absolute Gasteiger partial charge is 0.251 e. The number of hydrogen-bond donors (Lipinski definition) is 2. The number of likely N-dealkylation sites (tertiary alicyclic amines) is 1. The number of aromatic hydroxyl groups is 1. The second-order valence-corrected chi connectivity index (χ2v) is 11.1. The van der Waals surface area contributed by atoms with E-state index >= 15 is 0 Å². The fourth-order valence-corrected chi connectivity index (χ4v) is 5.94. The molecule has 6 rings (SSSR count). The number of phenols is 1. The fourth-order valence-electron chi connectivity index (χ4n) is 5.94. The third-order valence-electron chi connectivity index (χ3n) is 8.28. The molecule has 0 unspecified atom stereocenters. The van der Waals surface area contributed by atoms with E-state index in [0.717, 1.165) is 67.9 Å². The highest BCUT2D eigenvalue weighted by molar-refractivity contribution is 5.96. The Morgan fingerprint density at radius 2 is 1.69 bits per heavy atom. The summed E-state index contributed by atoms with van der Waals surface area (Å²) in [6.45, 7) is 4.40. The molecular weight excluding hydrogens is 522 g/mol. The van der Waals surface area contributed by atoms with E-state index in [2.05, 4.69) is 69.7 Å². The number of benzene rings is 4. The van der Waals surface area contributed by atoms with Crippen LogP contribution in [0.4, 0.5) is 0 Å². The Bertz CT molecular complexity index is 1600. The lowest BCUT2D eigenvalue weighted by molar-refractivity contribution is 0.0951. The molecule has 0 aromatic heterocycles. The summed E-state index contributed by atoms with van der Waals surface area (Å²) >= 11 is 0. The number of nitrogens with zero attached hydrogens (tertiary/aromatic N) is 2. The molecule has 4 aromatic carbocycles. The summed E-state index contributed by atoms with van der Waals surface area (Å²) in [7, 11) is 0. The van der Waals surface area contributed by atoms with Crippen LogP contribution in [0.2, 0.25) is 0 Å². The van der Waals surface area contributed by atoms with Crippen LogP contribution in [0.25, 0.3) is 16.5 Å². The van der Waals surface area contributed by atoms with E-state index in [1.165, 1.54) is 16.3 Å². The molecular formula is C36H37N3O3. The van der Waals surface area contributed by atoms with Gasteiger partial charge in [0.15, 0.2) is 0 Å². The zero-order valence-corrected chi connectivity index (χ0v) is 23.8. The summed E-state index contributed by atoms with van der Waals surface area (Å²) in [5.74, 6) is 1.34. The van der Waals surface area contributed by atoms with Gasteiger partial charge in [0.05, 0.1) is 0 Å². The number of carbonyl (C=O) groups excluding carboxylic acids is 1. The third-order valence-corrected chi connectivity index (χ3v) is 8.28. The molecule has 42 heavy (non-hydrogen) atoms. The van der Waals surface area contributed by atoms with E-state index in [9.17, 15) is 9.90 Å². The lowest BCUT2D eigenvalue weighted by Gasteiger charge is -2.34. The van der Waals surface area contributed by atoms with Crippen molar-refractivity contribution in [3.63, 3.8) is 0 Å². The van der Waals surface area contributed by atoms with E-state index in [1.807, 2.05) is 36.7 Å². The van der Waals surface area contributed by atoms with Crippen LogP contribution < -0.4 is 5.32 Å². The van der Waals surface area contributed by atoms with E-state index in [-0.39, 0.29) is 11.7 Å². The highest BCUT2D eigenvalue weighted by atomic mass is 16.5. The van der Waals surface area contributed by atoms with Crippen LogP contribution in [0.15, 0.2) is 110 Å². The molecule has 0 radical (unpaired) electrons. The minimum absolute atomic E-state index is 0.0160. The molecule has 2 heterocycles. The lowest BCUT2D eigenvalue weighted by Crippen LogP contribution is -2.38. The summed E-state index contributed by atoms with van der Waals surface area (Å²) in [5.41, 5.74) is 4.04. The van der Waals surface area contributed by atoms with Crippen molar-refractivity contribution >= 4 is 22.4 Å². The van der Waals surface area contributed by atoms with Crippen molar-refractivity contribution in [1.29, 1.82) is 0 Å². The Labute approximate surface area is 247 Å². The number of hydrogen-bond acceptors (Lipinski definition) is 5. The van der Waals surface area contributed by atoms with Crippen molar-refractivity contribution in [2.45, 2.75) is 25.2 Å². The maximum atomic E-state index is 13.2. The minimum atomic E-state index is 0.0160. The summed E-state index contributed by atoms with van der Waals surface area (Å²) in [6.07, 6.45) is 8.48. The molecule has 2 aliphatic heterocycles. The molecule has 6 nitrogen and oxygen atoms in total. The Morgan fingerprint density at radius 3 is 2.55 bits per heavy atom. The first-order chi connectivity index (χ1) is 20.6. The molecule has 0 bridgehead atoms. The van der Waals surface area contributed by atoms with E-state index in [4.69, 9.17) is 4.74 Å². The van der Waals surface area contributed by atoms with Crippen LogP contribution >= 0.6 is 0 Å². The van der Waals surface area contributed by atoms with Crippen LogP contribution in [0.3, 0.4) is 0 Å². The van der Waals surface area contributed by atoms with E-state index in [1.54, 1.807) is 18.4 Å². The van der Waals surface area contributed by atoms with Crippen LogP contribution in [0.1, 0.15) is 45.8 Å². The van der Waals surface area contributed by atoms with Crippen molar-refractivity contribution in [3.8, 4) is 5.75 Å². The highest BCUT2D eigenvalue weighted by Gasteiger charge is 2.24. The summed E-state index contributed by atoms with van der Waals surface area (Å²) in [4.78, 5) is 17.9. The Balaban J connectivity index is 0.997. The van der Waals surface area contributed by atoms with E-state index in [0.29, 0.717) is 12.5 Å². The number of phenolic OH excluding ortho intramolecular Hbond substituents is 1. The van der Waals surface area contributed by atoms with Gasteiger partial charge in [-0.2, -0.15) is 0 Å². The Hall–Kier alpha value is -4.55. The molecule has 1 saturated heterocycles. The molecule has 6 heteroatoms. The first kappa shape index (κ1) is 27.6.